The molecule has 2 N–H and O–H groups in total. The monoisotopic (exact) mass is 568 g/mol. The van der Waals surface area contributed by atoms with Crippen LogP contribution in [0.25, 0.3) is 38.5 Å². The molecule has 216 valence electrons. The van der Waals surface area contributed by atoms with Gasteiger partial charge in [0.2, 0.25) is 0 Å². The third kappa shape index (κ3) is 4.99. The van der Waals surface area contributed by atoms with Crippen LogP contribution in [0.2, 0.25) is 0 Å². The molecular formula is C33H32N2O7. The second kappa shape index (κ2) is 11.8. The normalized spacial score (nSPS) is 11.8. The van der Waals surface area contributed by atoms with E-state index in [-0.39, 0.29) is 12.2 Å². The van der Waals surface area contributed by atoms with Gasteiger partial charge in [0.1, 0.15) is 5.69 Å². The highest BCUT2D eigenvalue weighted by Gasteiger charge is 2.31. The van der Waals surface area contributed by atoms with E-state index in [4.69, 9.17) is 18.9 Å². The van der Waals surface area contributed by atoms with Gasteiger partial charge in [-0.3, -0.25) is 9.59 Å². The molecule has 5 rings (SSSR count). The minimum absolute atomic E-state index is 0.0585. The molecule has 0 aliphatic heterocycles. The minimum Gasteiger partial charge on any atom is -0.493 e. The van der Waals surface area contributed by atoms with Crippen molar-refractivity contribution in [2.45, 2.75) is 13.0 Å². The van der Waals surface area contributed by atoms with Gasteiger partial charge in [0.25, 0.3) is 11.7 Å². The lowest BCUT2D eigenvalue weighted by Gasteiger charge is -2.13. The van der Waals surface area contributed by atoms with Crippen LogP contribution in [0.5, 0.6) is 23.0 Å². The number of amides is 1. The fourth-order valence-electron chi connectivity index (χ4n) is 5.21. The number of pyridine rings is 1. The van der Waals surface area contributed by atoms with Crippen molar-refractivity contribution in [3.63, 3.8) is 0 Å². The Labute approximate surface area is 243 Å². The Morgan fingerprint density at radius 2 is 1.43 bits per heavy atom. The largest absolute Gasteiger partial charge is 0.493 e. The summed E-state index contributed by atoms with van der Waals surface area (Å²) in [5.74, 6) is 0.577. The molecular weight excluding hydrogens is 536 g/mol. The molecule has 3 aromatic carbocycles. The molecule has 0 saturated heterocycles. The number of rotatable bonds is 10. The first-order chi connectivity index (χ1) is 20.3. The van der Waals surface area contributed by atoms with Crippen LogP contribution in [0.15, 0.2) is 72.9 Å². The number of Topliss-reactive ketones (excluding diaryl/α,β-unsaturated/α-hetero) is 1. The van der Waals surface area contributed by atoms with E-state index >= 15 is 0 Å². The predicted octanol–water partition coefficient (Wildman–Crippen LogP) is 5.14. The van der Waals surface area contributed by atoms with Gasteiger partial charge in [0.15, 0.2) is 23.0 Å². The van der Waals surface area contributed by atoms with Gasteiger partial charge in [-0.25, -0.2) is 0 Å². The van der Waals surface area contributed by atoms with E-state index in [9.17, 15) is 14.7 Å². The molecule has 2 aromatic heterocycles. The Morgan fingerprint density at radius 3 is 2.07 bits per heavy atom. The van der Waals surface area contributed by atoms with Gasteiger partial charge in [-0.1, -0.05) is 36.4 Å². The Kier molecular flexibility index (Phi) is 8.04. The van der Waals surface area contributed by atoms with Gasteiger partial charge < -0.3 is 33.8 Å². The van der Waals surface area contributed by atoms with Crippen LogP contribution in [0.4, 0.5) is 0 Å². The zero-order chi connectivity index (χ0) is 30.0. The van der Waals surface area contributed by atoms with E-state index in [0.29, 0.717) is 39.6 Å². The SMILES string of the molecule is COc1ccc(-c2c(-c3ccccc3)c(C(=O)C(=O)NC[C@@H](C)O)n3ccc4cc(OC)c(OC)cc4c23)cc1OC. The summed E-state index contributed by atoms with van der Waals surface area (Å²) in [6.07, 6.45) is 0.961. The molecule has 42 heavy (non-hydrogen) atoms. The number of benzene rings is 3. The molecule has 9 nitrogen and oxygen atoms in total. The van der Waals surface area contributed by atoms with E-state index < -0.39 is 17.8 Å². The number of nitrogens with zero attached hydrogens (tertiary/aromatic N) is 1. The summed E-state index contributed by atoms with van der Waals surface area (Å²) in [6, 6.07) is 20.6. The molecule has 0 radical (unpaired) electrons. The molecule has 1 amide bonds. The van der Waals surface area contributed by atoms with Gasteiger partial charge in [-0.15, -0.1) is 0 Å². The average Bonchev–Trinajstić information content (AvgIpc) is 3.38. The highest BCUT2D eigenvalue weighted by molar-refractivity contribution is 6.44. The first-order valence-electron chi connectivity index (χ1n) is 13.3. The van der Waals surface area contributed by atoms with E-state index in [0.717, 1.165) is 21.9 Å². The molecule has 9 heteroatoms. The van der Waals surface area contributed by atoms with Crippen LogP contribution in [0, 0.1) is 0 Å². The number of carbonyl (C=O) groups is 2. The fraction of sp³-hybridized carbons (Fsp3) is 0.212. The molecule has 0 bridgehead atoms. The molecule has 0 fully saturated rings. The van der Waals surface area contributed by atoms with Crippen LogP contribution in [0.1, 0.15) is 17.4 Å². The third-order valence-corrected chi connectivity index (χ3v) is 7.13. The number of aliphatic hydroxyl groups excluding tert-OH is 1. The molecule has 5 aromatic rings. The summed E-state index contributed by atoms with van der Waals surface area (Å²) in [5, 5.41) is 13.9. The van der Waals surface area contributed by atoms with Crippen LogP contribution < -0.4 is 24.3 Å². The average molecular weight is 569 g/mol. The van der Waals surface area contributed by atoms with Crippen LogP contribution in [-0.4, -0.2) is 62.3 Å². The number of aliphatic hydroxyl groups is 1. The third-order valence-electron chi connectivity index (χ3n) is 7.13. The number of ether oxygens (including phenoxy) is 4. The van der Waals surface area contributed by atoms with Gasteiger partial charge in [0, 0.05) is 29.3 Å². The highest BCUT2D eigenvalue weighted by atomic mass is 16.5. The number of hydrogen-bond donors (Lipinski definition) is 2. The van der Waals surface area contributed by atoms with E-state index in [1.807, 2.05) is 60.7 Å². The van der Waals surface area contributed by atoms with Crippen molar-refractivity contribution >= 4 is 28.0 Å². The standard InChI is InChI=1S/C33H32N2O7/c1-19(36)18-34-33(38)32(37)31-28(20-9-7-6-8-10-20)29(22-11-12-24(39-2)25(16-22)40-3)30-23-17-27(42-5)26(41-4)15-21(23)13-14-35(30)31/h6-17,19,36H,18H2,1-5H3,(H,34,38)/t19-/m1/s1. The van der Waals surface area contributed by atoms with Crippen molar-refractivity contribution in [3.8, 4) is 45.3 Å². The zero-order valence-electron chi connectivity index (χ0n) is 24.1. The number of hydrogen-bond acceptors (Lipinski definition) is 7. The zero-order valence-corrected chi connectivity index (χ0v) is 24.1. The van der Waals surface area contributed by atoms with Crippen molar-refractivity contribution in [2.75, 3.05) is 35.0 Å². The Hall–Kier alpha value is -5.02. The van der Waals surface area contributed by atoms with Crippen LogP contribution in [0.3, 0.4) is 0 Å². The second-order valence-corrected chi connectivity index (χ2v) is 9.75. The number of aromatic nitrogens is 1. The first kappa shape index (κ1) is 28.5. The topological polar surface area (TPSA) is 108 Å². The number of nitrogens with one attached hydrogen (secondary N) is 1. The van der Waals surface area contributed by atoms with Crippen molar-refractivity contribution < 1.29 is 33.6 Å². The Balaban J connectivity index is 1.96. The predicted molar refractivity (Wildman–Crippen MR) is 161 cm³/mol. The van der Waals surface area contributed by atoms with E-state index in [2.05, 4.69) is 5.32 Å². The maximum atomic E-state index is 14.0. The van der Waals surface area contributed by atoms with Gasteiger partial charge in [-0.2, -0.15) is 0 Å². The molecule has 0 aliphatic rings. The highest BCUT2D eigenvalue weighted by Crippen LogP contribution is 2.46. The maximum absolute atomic E-state index is 14.0. The van der Waals surface area contributed by atoms with Gasteiger partial charge >= 0.3 is 0 Å². The molecule has 0 spiro atoms. The van der Waals surface area contributed by atoms with Crippen LogP contribution in [-0.2, 0) is 4.79 Å². The first-order valence-corrected chi connectivity index (χ1v) is 13.3. The molecule has 1 atom stereocenters. The molecule has 2 heterocycles. The molecule has 0 saturated carbocycles. The Morgan fingerprint density at radius 1 is 0.786 bits per heavy atom. The summed E-state index contributed by atoms with van der Waals surface area (Å²) < 4.78 is 24.1. The van der Waals surface area contributed by atoms with Gasteiger partial charge in [0.05, 0.1) is 40.1 Å². The Bertz CT molecular complexity index is 1790. The summed E-state index contributed by atoms with van der Waals surface area (Å²) >= 11 is 0. The lowest BCUT2D eigenvalue weighted by Crippen LogP contribution is -2.36. The number of methoxy groups -OCH3 is 4. The van der Waals surface area contributed by atoms with E-state index in [1.54, 1.807) is 45.1 Å². The van der Waals surface area contributed by atoms with Crippen molar-refractivity contribution in [1.82, 2.24) is 9.72 Å². The quantitative estimate of drug-likeness (QED) is 0.177. The summed E-state index contributed by atoms with van der Waals surface area (Å²) in [7, 11) is 6.26. The second-order valence-electron chi connectivity index (χ2n) is 9.75. The van der Waals surface area contributed by atoms with Gasteiger partial charge in [-0.05, 0) is 53.8 Å². The summed E-state index contributed by atoms with van der Waals surface area (Å²) in [5.41, 5.74) is 3.64. The summed E-state index contributed by atoms with van der Waals surface area (Å²) in [6.45, 7) is 1.48. The molecule has 0 unspecified atom stereocenters. The molecule has 0 aliphatic carbocycles. The maximum Gasteiger partial charge on any atom is 0.294 e. The smallest absolute Gasteiger partial charge is 0.294 e. The van der Waals surface area contributed by atoms with Crippen molar-refractivity contribution in [2.24, 2.45) is 0 Å². The van der Waals surface area contributed by atoms with Crippen molar-refractivity contribution in [1.29, 1.82) is 0 Å². The number of carbonyl (C=O) groups excluding carboxylic acids is 2. The lowest BCUT2D eigenvalue weighted by atomic mass is 9.93. The van der Waals surface area contributed by atoms with Crippen molar-refractivity contribution in [3.05, 3.63) is 78.6 Å². The number of ketones is 1. The minimum atomic E-state index is -0.821. The van der Waals surface area contributed by atoms with E-state index in [1.165, 1.54) is 6.92 Å². The lowest BCUT2D eigenvalue weighted by molar-refractivity contribution is -0.117. The fourth-order valence-corrected chi connectivity index (χ4v) is 5.21. The summed E-state index contributed by atoms with van der Waals surface area (Å²) in [4.78, 5) is 27.2. The number of fused-ring (bicyclic) bond motifs is 3. The van der Waals surface area contributed by atoms with Crippen LogP contribution >= 0.6 is 0 Å².